The lowest BCUT2D eigenvalue weighted by Gasteiger charge is -2.29. The molecule has 0 radical (unpaired) electrons. The average Bonchev–Trinajstić information content (AvgIpc) is 2.82. The number of carboxylic acid groups (broad SMARTS) is 1. The van der Waals surface area contributed by atoms with Crippen LogP contribution in [0.25, 0.3) is 5.65 Å². The fourth-order valence-electron chi connectivity index (χ4n) is 2.82. The molecule has 7 nitrogen and oxygen atoms in total. The molecule has 3 rings (SSSR count). The molecule has 0 saturated heterocycles. The molecule has 2 atom stereocenters. The number of hydrogen-bond acceptors (Lipinski definition) is 5. The second-order valence-electron chi connectivity index (χ2n) is 5.20. The van der Waals surface area contributed by atoms with Crippen molar-refractivity contribution in [3.63, 3.8) is 0 Å². The summed E-state index contributed by atoms with van der Waals surface area (Å²) in [6, 6.07) is -0.100. The Morgan fingerprint density at radius 3 is 3.00 bits per heavy atom. The van der Waals surface area contributed by atoms with Crippen molar-refractivity contribution in [3.05, 3.63) is 18.2 Å². The van der Waals surface area contributed by atoms with Crippen LogP contribution in [0, 0.1) is 12.8 Å². The highest BCUT2D eigenvalue weighted by Crippen LogP contribution is 2.27. The third kappa shape index (κ3) is 2.19. The lowest BCUT2D eigenvalue weighted by atomic mass is 9.84. The van der Waals surface area contributed by atoms with Gasteiger partial charge in [-0.2, -0.15) is 0 Å². The van der Waals surface area contributed by atoms with E-state index in [-0.39, 0.29) is 12.0 Å². The molecule has 7 heteroatoms. The molecule has 0 aliphatic heterocycles. The molecule has 0 bridgehead atoms. The van der Waals surface area contributed by atoms with Gasteiger partial charge in [-0.1, -0.05) is 12.8 Å². The molecular weight excluding hydrogens is 258 g/mol. The summed E-state index contributed by atoms with van der Waals surface area (Å²) in [4.78, 5) is 15.6. The number of hydrogen-bond donors (Lipinski definition) is 2. The second-order valence-corrected chi connectivity index (χ2v) is 5.20. The van der Waals surface area contributed by atoms with Crippen LogP contribution in [0.5, 0.6) is 0 Å². The monoisotopic (exact) mass is 275 g/mol. The van der Waals surface area contributed by atoms with Crippen molar-refractivity contribution in [1.29, 1.82) is 0 Å². The van der Waals surface area contributed by atoms with Crippen LogP contribution < -0.4 is 5.32 Å². The Hall–Kier alpha value is -2.18. The van der Waals surface area contributed by atoms with E-state index >= 15 is 0 Å². The third-order valence-corrected chi connectivity index (χ3v) is 3.90. The van der Waals surface area contributed by atoms with Gasteiger partial charge in [0.1, 0.15) is 5.82 Å². The first kappa shape index (κ1) is 12.8. The number of aryl methyl sites for hydroxylation is 1. The molecule has 0 amide bonds. The van der Waals surface area contributed by atoms with E-state index in [1.54, 1.807) is 12.4 Å². The zero-order valence-electron chi connectivity index (χ0n) is 11.3. The Kier molecular flexibility index (Phi) is 3.25. The first-order valence-corrected chi connectivity index (χ1v) is 6.82. The summed E-state index contributed by atoms with van der Waals surface area (Å²) >= 11 is 0. The smallest absolute Gasteiger partial charge is 0.308 e. The van der Waals surface area contributed by atoms with Gasteiger partial charge >= 0.3 is 5.97 Å². The maximum atomic E-state index is 11.3. The van der Waals surface area contributed by atoms with Gasteiger partial charge in [-0.25, -0.2) is 4.98 Å². The summed E-state index contributed by atoms with van der Waals surface area (Å²) in [6.07, 6.45) is 7.03. The van der Waals surface area contributed by atoms with Crippen molar-refractivity contribution < 1.29 is 9.90 Å². The minimum atomic E-state index is -0.744. The lowest BCUT2D eigenvalue weighted by Crippen LogP contribution is -2.37. The second kappa shape index (κ2) is 5.07. The molecular formula is C13H17N5O2. The Labute approximate surface area is 116 Å². The van der Waals surface area contributed by atoms with E-state index in [0.717, 1.165) is 25.1 Å². The number of carboxylic acids is 1. The van der Waals surface area contributed by atoms with Gasteiger partial charge in [0.05, 0.1) is 5.92 Å². The first-order valence-electron chi connectivity index (χ1n) is 6.82. The van der Waals surface area contributed by atoms with E-state index < -0.39 is 5.97 Å². The summed E-state index contributed by atoms with van der Waals surface area (Å²) < 4.78 is 1.84. The first-order chi connectivity index (χ1) is 9.66. The van der Waals surface area contributed by atoms with E-state index in [9.17, 15) is 9.90 Å². The van der Waals surface area contributed by atoms with Gasteiger partial charge in [-0.05, 0) is 19.8 Å². The number of rotatable bonds is 3. The molecule has 0 aromatic carbocycles. The molecule has 2 aromatic rings. The van der Waals surface area contributed by atoms with Crippen LogP contribution in [0.1, 0.15) is 31.5 Å². The third-order valence-electron chi connectivity index (χ3n) is 3.90. The van der Waals surface area contributed by atoms with Crippen LogP contribution in [0.3, 0.4) is 0 Å². The highest BCUT2D eigenvalue weighted by Gasteiger charge is 2.31. The van der Waals surface area contributed by atoms with Crippen molar-refractivity contribution in [2.45, 2.75) is 38.6 Å². The SMILES string of the molecule is Cc1nnc2c(NC3CCCCC3C(=O)O)nccn12. The Morgan fingerprint density at radius 2 is 2.20 bits per heavy atom. The topological polar surface area (TPSA) is 92.4 Å². The molecule has 106 valence electrons. The zero-order valence-corrected chi connectivity index (χ0v) is 11.3. The standard InChI is InChI=1S/C13H17N5O2/c1-8-16-17-12-11(14-6-7-18(8)12)15-10-5-3-2-4-9(10)13(19)20/h6-7,9-10H,2-5H2,1H3,(H,14,15)(H,19,20). The van der Waals surface area contributed by atoms with E-state index in [0.29, 0.717) is 17.9 Å². The van der Waals surface area contributed by atoms with Crippen molar-refractivity contribution >= 4 is 17.4 Å². The Morgan fingerprint density at radius 1 is 1.40 bits per heavy atom. The molecule has 0 spiro atoms. The Balaban J connectivity index is 1.90. The summed E-state index contributed by atoms with van der Waals surface area (Å²) in [5.41, 5.74) is 0.639. The number of anilines is 1. The van der Waals surface area contributed by atoms with E-state index in [4.69, 9.17) is 0 Å². The predicted molar refractivity (Wildman–Crippen MR) is 72.5 cm³/mol. The van der Waals surface area contributed by atoms with Crippen molar-refractivity contribution in [3.8, 4) is 0 Å². The summed E-state index contributed by atoms with van der Waals surface area (Å²) in [7, 11) is 0. The van der Waals surface area contributed by atoms with Gasteiger partial charge in [0.15, 0.2) is 5.82 Å². The highest BCUT2D eigenvalue weighted by atomic mass is 16.4. The quantitative estimate of drug-likeness (QED) is 0.881. The summed E-state index contributed by atoms with van der Waals surface area (Å²) in [6.45, 7) is 1.87. The van der Waals surface area contributed by atoms with Crippen LogP contribution in [0.4, 0.5) is 5.82 Å². The summed E-state index contributed by atoms with van der Waals surface area (Å²) in [5, 5.41) is 20.7. The van der Waals surface area contributed by atoms with Crippen LogP contribution in [0.2, 0.25) is 0 Å². The Bertz CT molecular complexity index is 639. The summed E-state index contributed by atoms with van der Waals surface area (Å²) in [5.74, 6) is 0.275. The maximum Gasteiger partial charge on any atom is 0.308 e. The largest absolute Gasteiger partial charge is 0.481 e. The normalized spacial score (nSPS) is 22.9. The number of nitrogens with zero attached hydrogens (tertiary/aromatic N) is 4. The number of fused-ring (bicyclic) bond motifs is 1. The molecule has 2 unspecified atom stereocenters. The molecule has 1 aliphatic rings. The van der Waals surface area contributed by atoms with Gasteiger partial charge in [0.25, 0.3) is 0 Å². The zero-order chi connectivity index (χ0) is 14.1. The van der Waals surface area contributed by atoms with Gasteiger partial charge in [-0.3, -0.25) is 9.20 Å². The molecule has 2 aromatic heterocycles. The number of nitrogens with one attached hydrogen (secondary N) is 1. The van der Waals surface area contributed by atoms with Crippen molar-refractivity contribution in [2.75, 3.05) is 5.32 Å². The number of aliphatic carboxylic acids is 1. The molecule has 20 heavy (non-hydrogen) atoms. The molecule has 2 heterocycles. The van der Waals surface area contributed by atoms with Gasteiger partial charge < -0.3 is 10.4 Å². The van der Waals surface area contributed by atoms with Crippen LogP contribution >= 0.6 is 0 Å². The number of aromatic nitrogens is 4. The minimum Gasteiger partial charge on any atom is -0.481 e. The average molecular weight is 275 g/mol. The van der Waals surface area contributed by atoms with Crippen LogP contribution in [-0.4, -0.2) is 36.7 Å². The van der Waals surface area contributed by atoms with Crippen molar-refractivity contribution in [1.82, 2.24) is 19.6 Å². The van der Waals surface area contributed by atoms with E-state index in [1.807, 2.05) is 11.3 Å². The van der Waals surface area contributed by atoms with E-state index in [2.05, 4.69) is 20.5 Å². The fourth-order valence-corrected chi connectivity index (χ4v) is 2.82. The predicted octanol–water partition coefficient (Wildman–Crippen LogP) is 1.49. The van der Waals surface area contributed by atoms with Gasteiger partial charge in [0, 0.05) is 18.4 Å². The highest BCUT2D eigenvalue weighted by molar-refractivity contribution is 5.72. The number of carbonyl (C=O) groups is 1. The van der Waals surface area contributed by atoms with Gasteiger partial charge in [0.2, 0.25) is 5.65 Å². The lowest BCUT2D eigenvalue weighted by molar-refractivity contribution is -0.143. The molecule has 1 fully saturated rings. The molecule has 1 aliphatic carbocycles. The van der Waals surface area contributed by atoms with E-state index in [1.165, 1.54) is 0 Å². The molecule has 1 saturated carbocycles. The van der Waals surface area contributed by atoms with Crippen LogP contribution in [-0.2, 0) is 4.79 Å². The fraction of sp³-hybridized carbons (Fsp3) is 0.538. The van der Waals surface area contributed by atoms with Crippen molar-refractivity contribution in [2.24, 2.45) is 5.92 Å². The maximum absolute atomic E-state index is 11.3. The minimum absolute atomic E-state index is 0.100. The van der Waals surface area contributed by atoms with Crippen LogP contribution in [0.15, 0.2) is 12.4 Å². The molecule has 2 N–H and O–H groups in total. The van der Waals surface area contributed by atoms with Gasteiger partial charge in [-0.15, -0.1) is 10.2 Å².